The van der Waals surface area contributed by atoms with Crippen LogP contribution in [0.1, 0.15) is 58.9 Å². The Balaban J connectivity index is 1.39. The molecule has 10 nitrogen and oxygen atoms in total. The van der Waals surface area contributed by atoms with E-state index >= 15 is 0 Å². The number of carbonyl (C=O) groups is 3. The number of nitrogens with two attached hydrogens (primary N) is 2. The lowest BCUT2D eigenvalue weighted by molar-refractivity contribution is -0.129. The van der Waals surface area contributed by atoms with Crippen LogP contribution in [-0.2, 0) is 4.79 Å². The first kappa shape index (κ1) is 28.4. The van der Waals surface area contributed by atoms with E-state index in [2.05, 4.69) is 27.1 Å². The van der Waals surface area contributed by atoms with Crippen molar-refractivity contribution < 1.29 is 14.4 Å². The number of amides is 3. The van der Waals surface area contributed by atoms with Gasteiger partial charge in [-0.2, -0.15) is 0 Å². The summed E-state index contributed by atoms with van der Waals surface area (Å²) in [5.41, 5.74) is 8.69. The average molecular weight is 582 g/mol. The second kappa shape index (κ2) is 12.2. The Morgan fingerprint density at radius 1 is 1.00 bits per heavy atom. The minimum absolute atomic E-state index is 0.00460. The van der Waals surface area contributed by atoms with E-state index in [1.165, 1.54) is 0 Å². The first-order valence-corrected chi connectivity index (χ1v) is 13.7. The van der Waals surface area contributed by atoms with E-state index in [9.17, 15) is 14.4 Å². The fourth-order valence-corrected chi connectivity index (χ4v) is 5.16. The van der Waals surface area contributed by atoms with Crippen LogP contribution in [-0.4, -0.2) is 43.8 Å². The van der Waals surface area contributed by atoms with E-state index in [-0.39, 0.29) is 23.2 Å². The summed E-state index contributed by atoms with van der Waals surface area (Å²) in [6.07, 6.45) is 3.93. The van der Waals surface area contributed by atoms with Gasteiger partial charge in [-0.1, -0.05) is 41.8 Å². The lowest BCUT2D eigenvalue weighted by atomic mass is 10.0. The predicted molar refractivity (Wildman–Crippen MR) is 161 cm³/mol. The summed E-state index contributed by atoms with van der Waals surface area (Å²) in [4.78, 5) is 48.7. The smallest absolute Gasteiger partial charge is 0.299 e. The van der Waals surface area contributed by atoms with Gasteiger partial charge in [0.25, 0.3) is 17.7 Å². The van der Waals surface area contributed by atoms with Crippen molar-refractivity contribution in [2.24, 2.45) is 5.73 Å². The number of hydrogen-bond acceptors (Lipinski definition) is 6. The van der Waals surface area contributed by atoms with Crippen molar-refractivity contribution in [3.05, 3.63) is 89.0 Å². The lowest BCUT2D eigenvalue weighted by Gasteiger charge is -2.33. The molecule has 1 saturated heterocycles. The Morgan fingerprint density at radius 2 is 1.71 bits per heavy atom. The van der Waals surface area contributed by atoms with Crippen molar-refractivity contribution in [1.29, 1.82) is 0 Å². The molecule has 42 heavy (non-hydrogen) atoms. The zero-order valence-electron chi connectivity index (χ0n) is 22.8. The van der Waals surface area contributed by atoms with Gasteiger partial charge in [0.1, 0.15) is 11.5 Å². The summed E-state index contributed by atoms with van der Waals surface area (Å²) in [7, 11) is 0. The SMILES string of the molecule is CC#CC(=O)N1CCCCC1c1nc(-c2ccc(C(=O)Nc3cc(-c4ccc(Cl)cc4)ccn3)cc2)c(C(N)=O)n1N. The summed E-state index contributed by atoms with van der Waals surface area (Å²) >= 11 is 5.99. The zero-order valence-corrected chi connectivity index (χ0v) is 23.6. The summed E-state index contributed by atoms with van der Waals surface area (Å²) in [6.45, 7) is 2.11. The van der Waals surface area contributed by atoms with Gasteiger partial charge in [-0.15, -0.1) is 0 Å². The van der Waals surface area contributed by atoms with Crippen LogP contribution in [0.25, 0.3) is 22.4 Å². The topological polar surface area (TPSA) is 149 Å². The minimum Gasteiger partial charge on any atom is -0.364 e. The molecule has 1 atom stereocenters. The average Bonchev–Trinajstić information content (AvgIpc) is 3.35. The molecule has 1 unspecified atom stereocenters. The van der Waals surface area contributed by atoms with Crippen molar-refractivity contribution in [2.75, 3.05) is 17.7 Å². The van der Waals surface area contributed by atoms with Crippen LogP contribution in [0.3, 0.4) is 0 Å². The molecule has 0 saturated carbocycles. The Labute approximate surface area is 247 Å². The highest BCUT2D eigenvalue weighted by molar-refractivity contribution is 6.30. The normalized spacial score (nSPS) is 14.5. The van der Waals surface area contributed by atoms with Gasteiger partial charge in [0.05, 0.1) is 6.04 Å². The molecule has 1 aliphatic rings. The van der Waals surface area contributed by atoms with E-state index in [0.717, 1.165) is 28.6 Å². The third-order valence-electron chi connectivity index (χ3n) is 7.07. The number of nitrogens with one attached hydrogen (secondary N) is 1. The van der Waals surface area contributed by atoms with E-state index in [1.54, 1.807) is 60.5 Å². The van der Waals surface area contributed by atoms with Crippen molar-refractivity contribution in [3.8, 4) is 34.2 Å². The van der Waals surface area contributed by atoms with Crippen molar-refractivity contribution >= 4 is 35.1 Å². The molecule has 1 fully saturated rings. The second-order valence-electron chi connectivity index (χ2n) is 9.75. The van der Waals surface area contributed by atoms with E-state index in [1.807, 2.05) is 18.2 Å². The van der Waals surface area contributed by atoms with Crippen LogP contribution in [0, 0.1) is 11.8 Å². The molecular formula is C31H28ClN7O3. The van der Waals surface area contributed by atoms with Gasteiger partial charge in [-0.3, -0.25) is 14.4 Å². The quantitative estimate of drug-likeness (QED) is 0.227. The summed E-state index contributed by atoms with van der Waals surface area (Å²) in [5, 5.41) is 3.45. The summed E-state index contributed by atoms with van der Waals surface area (Å²) < 4.78 is 1.16. The van der Waals surface area contributed by atoms with Crippen LogP contribution < -0.4 is 16.9 Å². The fourth-order valence-electron chi connectivity index (χ4n) is 5.03. The molecule has 3 heterocycles. The first-order valence-electron chi connectivity index (χ1n) is 13.3. The largest absolute Gasteiger partial charge is 0.364 e. The van der Waals surface area contributed by atoms with Crippen LogP contribution in [0.4, 0.5) is 5.82 Å². The third kappa shape index (κ3) is 5.82. The number of halogens is 1. The van der Waals surface area contributed by atoms with E-state index in [4.69, 9.17) is 23.2 Å². The van der Waals surface area contributed by atoms with Gasteiger partial charge in [-0.05, 0) is 79.6 Å². The number of anilines is 1. The number of likely N-dealkylation sites (tertiary alicyclic amines) is 1. The number of carbonyl (C=O) groups excluding carboxylic acids is 3. The van der Waals surface area contributed by atoms with Gasteiger partial charge in [-0.25, -0.2) is 14.6 Å². The molecule has 5 rings (SSSR count). The highest BCUT2D eigenvalue weighted by Crippen LogP contribution is 2.33. The van der Waals surface area contributed by atoms with Crippen LogP contribution in [0.2, 0.25) is 5.02 Å². The standard InChI is InChI=1S/C31H28ClN7O3/c1-2-5-26(40)38-17-4-3-6-24(38)30-37-27(28(29(33)41)39(30)34)20-7-9-21(10-8-20)31(42)36-25-18-22(15-16-35-25)19-11-13-23(32)14-12-19/h7-16,18,24H,3-4,6,17,34H2,1H3,(H2,33,41)(H,35,36,42). The maximum Gasteiger partial charge on any atom is 0.299 e. The Kier molecular flexibility index (Phi) is 8.22. The van der Waals surface area contributed by atoms with Gasteiger partial charge < -0.3 is 21.8 Å². The number of pyridine rings is 1. The number of primary amides is 1. The van der Waals surface area contributed by atoms with Gasteiger partial charge in [0.15, 0.2) is 11.5 Å². The molecule has 0 aliphatic carbocycles. The molecule has 0 spiro atoms. The maximum atomic E-state index is 13.0. The third-order valence-corrected chi connectivity index (χ3v) is 7.32. The molecule has 0 bridgehead atoms. The Morgan fingerprint density at radius 3 is 2.40 bits per heavy atom. The molecule has 0 radical (unpaired) electrons. The number of nitrogens with zero attached hydrogens (tertiary/aromatic N) is 4. The van der Waals surface area contributed by atoms with Crippen LogP contribution in [0.5, 0.6) is 0 Å². The lowest BCUT2D eigenvalue weighted by Crippen LogP contribution is -2.40. The second-order valence-corrected chi connectivity index (χ2v) is 10.2. The molecule has 2 aromatic heterocycles. The monoisotopic (exact) mass is 581 g/mol. The van der Waals surface area contributed by atoms with E-state index < -0.39 is 11.9 Å². The zero-order chi connectivity index (χ0) is 29.8. The number of rotatable bonds is 6. The number of benzene rings is 2. The Hall–Kier alpha value is -5.14. The molecule has 5 N–H and O–H groups in total. The minimum atomic E-state index is -0.762. The number of aromatic nitrogens is 3. The summed E-state index contributed by atoms with van der Waals surface area (Å²) in [6, 6.07) is 17.1. The fraction of sp³-hybridized carbons (Fsp3) is 0.194. The molecule has 4 aromatic rings. The maximum absolute atomic E-state index is 13.0. The van der Waals surface area contributed by atoms with Crippen LogP contribution >= 0.6 is 11.6 Å². The molecule has 2 aromatic carbocycles. The number of nitrogen functional groups attached to an aromatic ring is 1. The van der Waals surface area contributed by atoms with Crippen molar-refractivity contribution in [1.82, 2.24) is 19.5 Å². The van der Waals surface area contributed by atoms with Crippen LogP contribution in [0.15, 0.2) is 66.9 Å². The number of imidazole rings is 1. The van der Waals surface area contributed by atoms with Crippen molar-refractivity contribution in [2.45, 2.75) is 32.2 Å². The highest BCUT2D eigenvalue weighted by atomic mass is 35.5. The van der Waals surface area contributed by atoms with Gasteiger partial charge >= 0.3 is 0 Å². The van der Waals surface area contributed by atoms with E-state index in [0.29, 0.717) is 40.8 Å². The number of hydrogen-bond donors (Lipinski definition) is 3. The first-order chi connectivity index (χ1) is 20.3. The molecular weight excluding hydrogens is 554 g/mol. The van der Waals surface area contributed by atoms with Gasteiger partial charge in [0.2, 0.25) is 0 Å². The predicted octanol–water partition coefficient (Wildman–Crippen LogP) is 4.41. The molecule has 11 heteroatoms. The highest BCUT2D eigenvalue weighted by Gasteiger charge is 2.33. The molecule has 3 amide bonds. The summed E-state index contributed by atoms with van der Waals surface area (Å²) in [5.74, 6) is 10.8. The molecule has 212 valence electrons. The Bertz CT molecular complexity index is 1720. The van der Waals surface area contributed by atoms with Gasteiger partial charge in [0, 0.05) is 28.9 Å². The molecule has 1 aliphatic heterocycles. The number of piperidine rings is 1. The van der Waals surface area contributed by atoms with Crippen molar-refractivity contribution in [3.63, 3.8) is 0 Å².